The van der Waals surface area contributed by atoms with Gasteiger partial charge in [-0.1, -0.05) is 0 Å². The van der Waals surface area contributed by atoms with E-state index < -0.39 is 17.7 Å². The highest BCUT2D eigenvalue weighted by Crippen LogP contribution is 2.42. The van der Waals surface area contributed by atoms with E-state index >= 15 is 0 Å². The number of aliphatic hydroxyl groups is 1. The average molecular weight is 306 g/mol. The molecule has 3 rings (SSSR count). The molecule has 1 N–H and O–H groups in total. The molecule has 3 aliphatic rings. The van der Waals surface area contributed by atoms with E-state index in [1.54, 1.807) is 14.1 Å². The Morgan fingerprint density at radius 1 is 1.23 bits per heavy atom. The normalized spacial score (nSPS) is 32.7. The first-order valence-electron chi connectivity index (χ1n) is 7.02. The number of nitrogens with zero attached hydrogens (tertiary/aromatic N) is 2. The number of ketones is 2. The average Bonchev–Trinajstić information content (AvgIpc) is 2.47. The molecule has 1 fully saturated rings. The summed E-state index contributed by atoms with van der Waals surface area (Å²) < 4.78 is 5.09. The fourth-order valence-corrected chi connectivity index (χ4v) is 3.57. The molecule has 7 nitrogen and oxygen atoms in total. The lowest BCUT2D eigenvalue weighted by Gasteiger charge is -2.52. The van der Waals surface area contributed by atoms with Gasteiger partial charge in [0.2, 0.25) is 11.5 Å². The van der Waals surface area contributed by atoms with E-state index in [0.717, 1.165) is 0 Å². The summed E-state index contributed by atoms with van der Waals surface area (Å²) in [5.74, 6) is -1.09. The lowest BCUT2D eigenvalue weighted by Crippen LogP contribution is -2.71. The fraction of sp³-hybridized carbons (Fsp3) is 0.533. The molecular weight excluding hydrogens is 288 g/mol. The van der Waals surface area contributed by atoms with Crippen molar-refractivity contribution in [3.05, 3.63) is 22.5 Å². The Bertz CT molecular complexity index is 677. The van der Waals surface area contributed by atoms with Crippen molar-refractivity contribution >= 4 is 17.5 Å². The number of Topliss-reactive ketones (excluding diaryl/α,β-unsaturated/α-hetero) is 2. The lowest BCUT2D eigenvalue weighted by atomic mass is 9.75. The minimum absolute atomic E-state index is 0.0437. The molecule has 0 aromatic heterocycles. The third kappa shape index (κ3) is 1.60. The molecule has 0 saturated carbocycles. The summed E-state index contributed by atoms with van der Waals surface area (Å²) >= 11 is 0. The van der Waals surface area contributed by atoms with Crippen molar-refractivity contribution in [2.24, 2.45) is 0 Å². The van der Waals surface area contributed by atoms with Gasteiger partial charge in [-0.15, -0.1) is 0 Å². The molecule has 22 heavy (non-hydrogen) atoms. The molecule has 118 valence electrons. The minimum Gasteiger partial charge on any atom is -0.492 e. The minimum atomic E-state index is -1.78. The van der Waals surface area contributed by atoms with Gasteiger partial charge in [0.05, 0.1) is 13.2 Å². The van der Waals surface area contributed by atoms with E-state index in [2.05, 4.69) is 0 Å². The number of piperazine rings is 1. The Kier molecular flexibility index (Phi) is 3.05. The van der Waals surface area contributed by atoms with Gasteiger partial charge >= 0.3 is 0 Å². The van der Waals surface area contributed by atoms with Gasteiger partial charge in [-0.2, -0.15) is 0 Å². The number of ether oxygens (including phenoxy) is 1. The zero-order valence-corrected chi connectivity index (χ0v) is 13.0. The largest absolute Gasteiger partial charge is 0.492 e. The van der Waals surface area contributed by atoms with Gasteiger partial charge in [-0.3, -0.25) is 19.3 Å². The van der Waals surface area contributed by atoms with E-state index in [-0.39, 0.29) is 41.4 Å². The number of rotatable bonds is 1. The third-order valence-corrected chi connectivity index (χ3v) is 4.88. The van der Waals surface area contributed by atoms with E-state index in [4.69, 9.17) is 4.74 Å². The number of hydrogen-bond donors (Lipinski definition) is 1. The molecule has 0 radical (unpaired) electrons. The van der Waals surface area contributed by atoms with Crippen LogP contribution in [0, 0.1) is 0 Å². The number of fused-ring (bicyclic) bond motifs is 3. The Morgan fingerprint density at radius 3 is 2.45 bits per heavy atom. The molecule has 2 bridgehead atoms. The van der Waals surface area contributed by atoms with Gasteiger partial charge < -0.3 is 14.7 Å². The number of methoxy groups -OCH3 is 1. The van der Waals surface area contributed by atoms with E-state index in [9.17, 15) is 19.5 Å². The summed E-state index contributed by atoms with van der Waals surface area (Å²) in [6.07, 6.45) is -0.183. The predicted octanol–water partition coefficient (Wildman–Crippen LogP) is -0.780. The molecule has 1 amide bonds. The Balaban J connectivity index is 2.19. The maximum atomic E-state index is 12.7. The van der Waals surface area contributed by atoms with Crippen molar-refractivity contribution in [2.75, 3.05) is 27.7 Å². The molecule has 7 heteroatoms. The monoisotopic (exact) mass is 306 g/mol. The van der Waals surface area contributed by atoms with E-state index in [0.29, 0.717) is 5.57 Å². The Morgan fingerprint density at radius 2 is 1.86 bits per heavy atom. The lowest BCUT2D eigenvalue weighted by molar-refractivity contribution is -0.190. The fourth-order valence-electron chi connectivity index (χ4n) is 3.57. The number of amides is 1. The zero-order valence-electron chi connectivity index (χ0n) is 13.0. The zero-order chi connectivity index (χ0) is 16.4. The van der Waals surface area contributed by atoms with Crippen LogP contribution in [0.4, 0.5) is 0 Å². The number of carbonyl (C=O) groups excluding carboxylic acids is 3. The van der Waals surface area contributed by atoms with Crippen molar-refractivity contribution in [2.45, 2.75) is 25.1 Å². The van der Waals surface area contributed by atoms with E-state index in [1.807, 2.05) is 0 Å². The Labute approximate surface area is 127 Å². The summed E-state index contributed by atoms with van der Waals surface area (Å²) in [5, 5.41) is 10.8. The number of likely N-dealkylation sites (N-methyl/N-ethyl adjacent to an activating group) is 2. The van der Waals surface area contributed by atoms with Crippen LogP contribution < -0.4 is 0 Å². The molecule has 1 aliphatic carbocycles. The highest BCUT2D eigenvalue weighted by Gasteiger charge is 2.57. The van der Waals surface area contributed by atoms with Gasteiger partial charge in [0.15, 0.2) is 11.5 Å². The van der Waals surface area contributed by atoms with Crippen molar-refractivity contribution in [3.63, 3.8) is 0 Å². The van der Waals surface area contributed by atoms with Crippen molar-refractivity contribution in [1.29, 1.82) is 0 Å². The van der Waals surface area contributed by atoms with Crippen LogP contribution >= 0.6 is 0 Å². The van der Waals surface area contributed by atoms with Crippen LogP contribution in [0.1, 0.15) is 13.3 Å². The van der Waals surface area contributed by atoms with Crippen LogP contribution in [0.3, 0.4) is 0 Å². The summed E-state index contributed by atoms with van der Waals surface area (Å²) in [6.45, 7) is 1.76. The highest BCUT2D eigenvalue weighted by atomic mass is 16.5. The van der Waals surface area contributed by atoms with Crippen molar-refractivity contribution < 1.29 is 24.2 Å². The molecule has 1 saturated heterocycles. The van der Waals surface area contributed by atoms with Crippen LogP contribution in [0.15, 0.2) is 22.5 Å². The molecule has 2 aliphatic heterocycles. The second-order valence-corrected chi connectivity index (χ2v) is 6.01. The summed E-state index contributed by atoms with van der Waals surface area (Å²) in [5.41, 5.74) is -0.996. The SMILES string of the molecule is COC1=C(C)C(=O)C2=C(C1=O)C1CN(C)C(=O)C(O)(C2)N1C. The van der Waals surface area contributed by atoms with Crippen LogP contribution in [0.25, 0.3) is 0 Å². The molecular formula is C15H18N2O5. The van der Waals surface area contributed by atoms with Gasteiger partial charge in [0.25, 0.3) is 5.91 Å². The topological polar surface area (TPSA) is 87.2 Å². The second-order valence-electron chi connectivity index (χ2n) is 6.01. The number of carbonyl (C=O) groups is 3. The molecule has 2 unspecified atom stereocenters. The van der Waals surface area contributed by atoms with Gasteiger partial charge in [0, 0.05) is 36.7 Å². The van der Waals surface area contributed by atoms with Crippen molar-refractivity contribution in [1.82, 2.24) is 9.80 Å². The quantitative estimate of drug-likeness (QED) is 0.640. The van der Waals surface area contributed by atoms with Crippen LogP contribution in [-0.2, 0) is 19.1 Å². The highest BCUT2D eigenvalue weighted by molar-refractivity contribution is 6.25. The molecule has 0 aromatic rings. The van der Waals surface area contributed by atoms with Crippen LogP contribution in [0.5, 0.6) is 0 Å². The van der Waals surface area contributed by atoms with Gasteiger partial charge in [0.1, 0.15) is 0 Å². The summed E-state index contributed by atoms with van der Waals surface area (Å²) in [4.78, 5) is 40.4. The summed E-state index contributed by atoms with van der Waals surface area (Å²) in [6, 6.07) is -0.522. The third-order valence-electron chi connectivity index (χ3n) is 4.88. The van der Waals surface area contributed by atoms with Gasteiger partial charge in [-0.25, -0.2) is 0 Å². The van der Waals surface area contributed by atoms with Crippen LogP contribution in [0.2, 0.25) is 0 Å². The maximum absolute atomic E-state index is 12.7. The first kappa shape index (κ1) is 14.9. The molecule has 0 aromatic carbocycles. The first-order valence-corrected chi connectivity index (χ1v) is 7.02. The number of hydrogen-bond acceptors (Lipinski definition) is 6. The van der Waals surface area contributed by atoms with E-state index in [1.165, 1.54) is 23.8 Å². The molecule has 0 spiro atoms. The molecule has 2 heterocycles. The van der Waals surface area contributed by atoms with Crippen molar-refractivity contribution in [3.8, 4) is 0 Å². The number of allylic oxidation sites excluding steroid dienone is 2. The standard InChI is InChI=1S/C15H18N2O5/c1-7-11(18)8-5-15(21)14(20)16(2)6-9(17(15)3)10(8)12(19)13(7)22-4/h9,21H,5-6H2,1-4H3. The first-order chi connectivity index (χ1) is 10.2. The Hall–Kier alpha value is -1.99. The van der Waals surface area contributed by atoms with Crippen LogP contribution in [-0.4, -0.2) is 71.9 Å². The van der Waals surface area contributed by atoms with Gasteiger partial charge in [-0.05, 0) is 14.0 Å². The second kappa shape index (κ2) is 4.50. The maximum Gasteiger partial charge on any atom is 0.270 e. The smallest absolute Gasteiger partial charge is 0.270 e. The predicted molar refractivity (Wildman–Crippen MR) is 75.5 cm³/mol. The molecule has 2 atom stereocenters. The summed E-state index contributed by atoms with van der Waals surface area (Å²) in [7, 11) is 4.52.